The number of halogens is 2. The van der Waals surface area contributed by atoms with Crippen molar-refractivity contribution in [2.24, 2.45) is 0 Å². The number of tetrazole rings is 1. The van der Waals surface area contributed by atoms with Gasteiger partial charge < -0.3 is 4.90 Å². The van der Waals surface area contributed by atoms with Gasteiger partial charge in [-0.3, -0.25) is 4.90 Å². The van der Waals surface area contributed by atoms with Crippen LogP contribution in [-0.2, 0) is 0 Å². The van der Waals surface area contributed by atoms with E-state index in [1.807, 2.05) is 26.0 Å². The topological polar surface area (TPSA) is 50.1 Å². The van der Waals surface area contributed by atoms with Crippen molar-refractivity contribution in [3.63, 3.8) is 0 Å². The van der Waals surface area contributed by atoms with Gasteiger partial charge in [-0.1, -0.05) is 24.3 Å². The lowest BCUT2D eigenvalue weighted by molar-refractivity contribution is 0.198. The minimum absolute atomic E-state index is 0.0997. The largest absolute Gasteiger partial charge is 0.367 e. The molecule has 4 rings (SSSR count). The van der Waals surface area contributed by atoms with Crippen LogP contribution in [-0.4, -0.2) is 51.3 Å². The van der Waals surface area contributed by atoms with Crippen molar-refractivity contribution in [2.75, 3.05) is 31.1 Å². The summed E-state index contributed by atoms with van der Waals surface area (Å²) in [5.74, 6) is 0.242. The van der Waals surface area contributed by atoms with Gasteiger partial charge in [0, 0.05) is 26.2 Å². The Kier molecular flexibility index (Phi) is 5.53. The first kappa shape index (κ1) is 19.4. The Morgan fingerprint density at radius 3 is 2.24 bits per heavy atom. The van der Waals surface area contributed by atoms with Crippen molar-refractivity contribution in [2.45, 2.75) is 25.9 Å². The Labute approximate surface area is 168 Å². The second-order valence-corrected chi connectivity index (χ2v) is 7.50. The number of piperazine rings is 1. The Hall–Kier alpha value is -2.87. The summed E-state index contributed by atoms with van der Waals surface area (Å²) in [5, 5.41) is 12.3. The first-order valence-corrected chi connectivity index (χ1v) is 9.81. The van der Waals surface area contributed by atoms with E-state index in [0.717, 1.165) is 11.4 Å². The molecule has 0 unspecified atom stereocenters. The molecular weight excluding hydrogens is 374 g/mol. The molecule has 8 heteroatoms. The molecule has 0 radical (unpaired) electrons. The molecule has 152 valence electrons. The van der Waals surface area contributed by atoms with Crippen LogP contribution in [0.15, 0.2) is 48.5 Å². The van der Waals surface area contributed by atoms with Gasteiger partial charge in [-0.25, -0.2) is 13.5 Å². The van der Waals surface area contributed by atoms with Crippen LogP contribution in [0.4, 0.5) is 14.5 Å². The van der Waals surface area contributed by atoms with Crippen LogP contribution in [0, 0.1) is 11.6 Å². The zero-order valence-corrected chi connectivity index (χ0v) is 16.5. The first-order valence-electron chi connectivity index (χ1n) is 9.81. The number of para-hydroxylation sites is 1. The van der Waals surface area contributed by atoms with Crippen LogP contribution in [0.25, 0.3) is 0 Å². The summed E-state index contributed by atoms with van der Waals surface area (Å²) in [7, 11) is 0. The summed E-state index contributed by atoms with van der Waals surface area (Å²) in [5.41, 5.74) is 1.56. The van der Waals surface area contributed by atoms with Crippen LogP contribution >= 0.6 is 0 Å². The maximum absolute atomic E-state index is 14.2. The lowest BCUT2D eigenvalue weighted by Crippen LogP contribution is -2.48. The minimum atomic E-state index is -0.277. The van der Waals surface area contributed by atoms with Gasteiger partial charge in [0.1, 0.15) is 11.6 Å². The fourth-order valence-electron chi connectivity index (χ4n) is 3.85. The highest BCUT2D eigenvalue weighted by atomic mass is 19.1. The predicted octanol–water partition coefficient (Wildman–Crippen LogP) is 3.44. The van der Waals surface area contributed by atoms with E-state index in [1.165, 1.54) is 18.2 Å². The number of anilines is 1. The minimum Gasteiger partial charge on any atom is -0.367 e. The van der Waals surface area contributed by atoms with E-state index in [0.29, 0.717) is 31.9 Å². The normalized spacial score (nSPS) is 16.4. The number of benzene rings is 2. The highest BCUT2D eigenvalue weighted by Crippen LogP contribution is 2.30. The molecule has 1 fully saturated rings. The van der Waals surface area contributed by atoms with Crippen molar-refractivity contribution in [1.82, 2.24) is 25.1 Å². The number of hydrogen-bond acceptors (Lipinski definition) is 5. The molecule has 1 aliphatic heterocycles. The van der Waals surface area contributed by atoms with Gasteiger partial charge >= 0.3 is 0 Å². The van der Waals surface area contributed by atoms with Crippen molar-refractivity contribution in [1.29, 1.82) is 0 Å². The maximum atomic E-state index is 14.2. The summed E-state index contributed by atoms with van der Waals surface area (Å²) in [6.07, 6.45) is 0. The zero-order valence-electron chi connectivity index (χ0n) is 16.5. The standard InChI is InChI=1S/C21H24F2N6/c1-15(2)29-21(24-25-26-29)20(16-7-9-17(22)10-8-16)28-13-11-27(12-14-28)19-6-4-3-5-18(19)23/h3-10,15,20H,11-14H2,1-2H3/t20-/m0/s1. The van der Waals surface area contributed by atoms with Crippen molar-refractivity contribution < 1.29 is 8.78 Å². The molecule has 6 nitrogen and oxygen atoms in total. The average Bonchev–Trinajstić information content (AvgIpc) is 3.20. The molecule has 2 heterocycles. The molecule has 29 heavy (non-hydrogen) atoms. The molecule has 1 atom stereocenters. The van der Waals surface area contributed by atoms with Crippen molar-refractivity contribution >= 4 is 5.69 Å². The zero-order chi connectivity index (χ0) is 20.4. The number of rotatable bonds is 5. The Morgan fingerprint density at radius 2 is 1.59 bits per heavy atom. The van der Waals surface area contributed by atoms with Gasteiger partial charge in [0.05, 0.1) is 17.8 Å². The molecule has 0 amide bonds. The van der Waals surface area contributed by atoms with Gasteiger partial charge in [0.15, 0.2) is 5.82 Å². The summed E-state index contributed by atoms with van der Waals surface area (Å²) in [4.78, 5) is 4.33. The van der Waals surface area contributed by atoms with Crippen molar-refractivity contribution in [3.8, 4) is 0 Å². The van der Waals surface area contributed by atoms with Crippen LogP contribution in [0.5, 0.6) is 0 Å². The van der Waals surface area contributed by atoms with Gasteiger partial charge in [0.2, 0.25) is 0 Å². The fourth-order valence-corrected chi connectivity index (χ4v) is 3.85. The highest BCUT2D eigenvalue weighted by molar-refractivity contribution is 5.48. The summed E-state index contributed by atoms with van der Waals surface area (Å²) in [6, 6.07) is 13.2. The molecular formula is C21H24F2N6. The molecule has 1 aliphatic rings. The third-order valence-electron chi connectivity index (χ3n) is 5.31. The Bertz CT molecular complexity index is 948. The third kappa shape index (κ3) is 3.98. The smallest absolute Gasteiger partial charge is 0.173 e. The van der Waals surface area contributed by atoms with Crippen LogP contribution in [0.2, 0.25) is 0 Å². The maximum Gasteiger partial charge on any atom is 0.173 e. The van der Waals surface area contributed by atoms with Crippen LogP contribution in [0.1, 0.15) is 37.3 Å². The monoisotopic (exact) mass is 398 g/mol. The average molecular weight is 398 g/mol. The molecule has 0 saturated carbocycles. The summed E-state index contributed by atoms with van der Waals surface area (Å²) in [6.45, 7) is 6.84. The van der Waals surface area contributed by atoms with E-state index in [2.05, 4.69) is 25.3 Å². The van der Waals surface area contributed by atoms with E-state index < -0.39 is 0 Å². The number of nitrogens with zero attached hydrogens (tertiary/aromatic N) is 6. The summed E-state index contributed by atoms with van der Waals surface area (Å²) < 4.78 is 29.5. The predicted molar refractivity (Wildman–Crippen MR) is 107 cm³/mol. The highest BCUT2D eigenvalue weighted by Gasteiger charge is 2.31. The van der Waals surface area contributed by atoms with E-state index >= 15 is 0 Å². The second kappa shape index (κ2) is 8.24. The Morgan fingerprint density at radius 1 is 0.897 bits per heavy atom. The molecule has 0 bridgehead atoms. The molecule has 0 N–H and O–H groups in total. The molecule has 0 spiro atoms. The van der Waals surface area contributed by atoms with Crippen LogP contribution < -0.4 is 4.90 Å². The van der Waals surface area contributed by atoms with Crippen molar-refractivity contribution in [3.05, 3.63) is 71.6 Å². The van der Waals surface area contributed by atoms with Gasteiger partial charge in [-0.15, -0.1) is 5.10 Å². The van der Waals surface area contributed by atoms with E-state index in [9.17, 15) is 8.78 Å². The molecule has 2 aromatic carbocycles. The number of aromatic nitrogens is 4. The summed E-state index contributed by atoms with van der Waals surface area (Å²) >= 11 is 0. The lowest BCUT2D eigenvalue weighted by atomic mass is 10.0. The Balaban J connectivity index is 1.62. The molecule has 1 saturated heterocycles. The lowest BCUT2D eigenvalue weighted by Gasteiger charge is -2.40. The van der Waals surface area contributed by atoms with E-state index in [1.54, 1.807) is 22.9 Å². The number of hydrogen-bond donors (Lipinski definition) is 0. The van der Waals surface area contributed by atoms with Gasteiger partial charge in [-0.05, 0) is 54.1 Å². The molecule has 1 aromatic heterocycles. The van der Waals surface area contributed by atoms with Crippen LogP contribution in [0.3, 0.4) is 0 Å². The first-order chi connectivity index (χ1) is 14.0. The molecule has 0 aliphatic carbocycles. The SMILES string of the molecule is CC(C)n1nnnc1[C@H](c1ccc(F)cc1)N1CCN(c2ccccc2F)CC1. The third-order valence-corrected chi connectivity index (χ3v) is 5.31. The van der Waals surface area contributed by atoms with E-state index in [-0.39, 0.29) is 23.7 Å². The quantitative estimate of drug-likeness (QED) is 0.659. The fraction of sp³-hybridized carbons (Fsp3) is 0.381. The second-order valence-electron chi connectivity index (χ2n) is 7.50. The van der Waals surface area contributed by atoms with Gasteiger partial charge in [0.25, 0.3) is 0 Å². The molecule has 3 aromatic rings. The van der Waals surface area contributed by atoms with E-state index in [4.69, 9.17) is 0 Å². The van der Waals surface area contributed by atoms with Gasteiger partial charge in [-0.2, -0.15) is 0 Å².